The summed E-state index contributed by atoms with van der Waals surface area (Å²) in [5.41, 5.74) is 0.967. The highest BCUT2D eigenvalue weighted by Gasteiger charge is 2.32. The van der Waals surface area contributed by atoms with Gasteiger partial charge in [-0.3, -0.25) is 4.79 Å². The lowest BCUT2D eigenvalue weighted by molar-refractivity contribution is -0.133. The van der Waals surface area contributed by atoms with Crippen molar-refractivity contribution >= 4 is 17.5 Å². The van der Waals surface area contributed by atoms with E-state index in [-0.39, 0.29) is 19.8 Å². The van der Waals surface area contributed by atoms with E-state index in [4.69, 9.17) is 21.1 Å². The quantitative estimate of drug-likeness (QED) is 0.742. The van der Waals surface area contributed by atoms with Crippen molar-refractivity contribution in [2.75, 3.05) is 19.8 Å². The van der Waals surface area contributed by atoms with Gasteiger partial charge in [0.2, 0.25) is 0 Å². The Hall–Kier alpha value is -1.34. The van der Waals surface area contributed by atoms with Gasteiger partial charge >= 0.3 is 0 Å². The molecule has 0 aliphatic carbocycles. The second-order valence-electron chi connectivity index (χ2n) is 4.99. The first-order chi connectivity index (χ1) is 9.97. The number of aliphatic hydroxyl groups excluding tert-OH is 2. The number of hydrogen-bond donors (Lipinski definition) is 3. The number of hydrogen-bond acceptors (Lipinski definition) is 5. The number of carbonyl (C=O) groups excluding carboxylic acids is 1. The molecule has 0 spiro atoms. The summed E-state index contributed by atoms with van der Waals surface area (Å²) >= 11 is 5.96. The van der Waals surface area contributed by atoms with Crippen molar-refractivity contribution in [3.8, 4) is 5.75 Å². The second kappa shape index (κ2) is 7.09. The molecule has 0 unspecified atom stereocenters. The van der Waals surface area contributed by atoms with Crippen LogP contribution in [-0.2, 0) is 9.53 Å². The first kappa shape index (κ1) is 16.0. The van der Waals surface area contributed by atoms with E-state index in [0.717, 1.165) is 5.56 Å². The summed E-state index contributed by atoms with van der Waals surface area (Å²) in [6, 6.07) is 4.61. The highest BCUT2D eigenvalue weighted by molar-refractivity contribution is 6.32. The summed E-state index contributed by atoms with van der Waals surface area (Å²) in [6.45, 7) is 1.86. The van der Waals surface area contributed by atoms with Crippen molar-refractivity contribution in [2.24, 2.45) is 0 Å². The van der Waals surface area contributed by atoms with Crippen LogP contribution in [0.2, 0.25) is 5.02 Å². The third-order valence-electron chi connectivity index (χ3n) is 3.18. The van der Waals surface area contributed by atoms with Gasteiger partial charge in [0, 0.05) is 0 Å². The Balaban J connectivity index is 1.86. The van der Waals surface area contributed by atoms with Crippen molar-refractivity contribution in [1.29, 1.82) is 0 Å². The predicted octanol–water partition coefficient (Wildman–Crippen LogP) is 0.264. The molecule has 0 aromatic heterocycles. The average Bonchev–Trinajstić information content (AvgIpc) is 2.45. The predicted molar refractivity (Wildman–Crippen MR) is 76.4 cm³/mol. The van der Waals surface area contributed by atoms with Gasteiger partial charge in [0.05, 0.1) is 24.3 Å². The van der Waals surface area contributed by atoms with E-state index in [1.807, 2.05) is 13.0 Å². The number of amides is 1. The standard InChI is InChI=1S/C14H18ClNO5/c1-8-2-3-9(15)12(4-8)21-7-13(18)16-10-5-20-6-11(17)14(10)19/h2-4,10-11,14,17,19H,5-7H2,1H3,(H,16,18)/t10-,11-,14+/m1/s1. The lowest BCUT2D eigenvalue weighted by Gasteiger charge is -2.32. The van der Waals surface area contributed by atoms with Crippen molar-refractivity contribution in [3.63, 3.8) is 0 Å². The zero-order valence-corrected chi connectivity index (χ0v) is 12.3. The van der Waals surface area contributed by atoms with Crippen LogP contribution in [0.4, 0.5) is 0 Å². The highest BCUT2D eigenvalue weighted by atomic mass is 35.5. The third kappa shape index (κ3) is 4.31. The minimum Gasteiger partial charge on any atom is -0.482 e. The van der Waals surface area contributed by atoms with E-state index >= 15 is 0 Å². The van der Waals surface area contributed by atoms with E-state index in [1.165, 1.54) is 0 Å². The SMILES string of the molecule is Cc1ccc(Cl)c(OCC(=O)N[C@@H]2COC[C@@H](O)[C@H]2O)c1. The summed E-state index contributed by atoms with van der Waals surface area (Å²) in [5, 5.41) is 22.2. The summed E-state index contributed by atoms with van der Waals surface area (Å²) in [7, 11) is 0. The number of aliphatic hydroxyl groups is 2. The maximum absolute atomic E-state index is 11.8. The molecular weight excluding hydrogens is 298 g/mol. The zero-order valence-electron chi connectivity index (χ0n) is 11.6. The molecule has 1 saturated heterocycles. The van der Waals surface area contributed by atoms with Gasteiger partial charge in [-0.1, -0.05) is 17.7 Å². The molecule has 21 heavy (non-hydrogen) atoms. The summed E-state index contributed by atoms with van der Waals surface area (Å²) in [4.78, 5) is 11.8. The molecule has 1 aromatic rings. The number of halogens is 1. The zero-order chi connectivity index (χ0) is 15.4. The van der Waals surface area contributed by atoms with Crippen LogP contribution in [0.1, 0.15) is 5.56 Å². The molecule has 3 atom stereocenters. The Labute approximate surface area is 127 Å². The smallest absolute Gasteiger partial charge is 0.258 e. The van der Waals surface area contributed by atoms with Gasteiger partial charge in [0.25, 0.3) is 5.91 Å². The molecule has 0 saturated carbocycles. The molecule has 1 amide bonds. The largest absolute Gasteiger partial charge is 0.482 e. The molecule has 1 aliphatic heterocycles. The van der Waals surface area contributed by atoms with Gasteiger partial charge in [-0.2, -0.15) is 0 Å². The monoisotopic (exact) mass is 315 g/mol. The van der Waals surface area contributed by atoms with E-state index < -0.39 is 24.2 Å². The minimum absolute atomic E-state index is 0.0585. The average molecular weight is 316 g/mol. The lowest BCUT2D eigenvalue weighted by Crippen LogP contribution is -2.56. The van der Waals surface area contributed by atoms with Gasteiger partial charge in [-0.25, -0.2) is 0 Å². The van der Waals surface area contributed by atoms with Crippen LogP contribution in [0, 0.1) is 6.92 Å². The fourth-order valence-electron chi connectivity index (χ4n) is 2.02. The van der Waals surface area contributed by atoms with Gasteiger partial charge in [0.15, 0.2) is 6.61 Å². The molecule has 0 radical (unpaired) electrons. The Morgan fingerprint density at radius 3 is 3.00 bits per heavy atom. The van der Waals surface area contributed by atoms with Crippen molar-refractivity contribution in [3.05, 3.63) is 28.8 Å². The highest BCUT2D eigenvalue weighted by Crippen LogP contribution is 2.25. The molecule has 7 heteroatoms. The van der Waals surface area contributed by atoms with Gasteiger partial charge in [-0.05, 0) is 24.6 Å². The first-order valence-electron chi connectivity index (χ1n) is 6.59. The molecule has 0 bridgehead atoms. The Morgan fingerprint density at radius 1 is 1.48 bits per heavy atom. The Morgan fingerprint density at radius 2 is 2.24 bits per heavy atom. The molecule has 2 rings (SSSR count). The summed E-state index contributed by atoms with van der Waals surface area (Å²) in [5.74, 6) is 0.00150. The van der Waals surface area contributed by atoms with Crippen LogP contribution in [0.25, 0.3) is 0 Å². The fraction of sp³-hybridized carbons (Fsp3) is 0.500. The van der Waals surface area contributed by atoms with E-state index in [0.29, 0.717) is 10.8 Å². The Kier molecular flexibility index (Phi) is 5.41. The van der Waals surface area contributed by atoms with Gasteiger partial charge < -0.3 is 25.0 Å². The van der Waals surface area contributed by atoms with Crippen molar-refractivity contribution < 1.29 is 24.5 Å². The topological polar surface area (TPSA) is 88.0 Å². The van der Waals surface area contributed by atoms with E-state index in [2.05, 4.69) is 5.32 Å². The number of carbonyl (C=O) groups is 1. The number of ether oxygens (including phenoxy) is 2. The van der Waals surface area contributed by atoms with E-state index in [9.17, 15) is 15.0 Å². The number of rotatable bonds is 4. The summed E-state index contributed by atoms with van der Waals surface area (Å²) < 4.78 is 10.4. The molecular formula is C14H18ClNO5. The van der Waals surface area contributed by atoms with Gasteiger partial charge in [0.1, 0.15) is 18.0 Å². The maximum atomic E-state index is 11.8. The number of aryl methyl sites for hydroxylation is 1. The second-order valence-corrected chi connectivity index (χ2v) is 5.40. The molecule has 6 nitrogen and oxygen atoms in total. The van der Waals surface area contributed by atoms with Gasteiger partial charge in [-0.15, -0.1) is 0 Å². The van der Waals surface area contributed by atoms with Crippen LogP contribution in [0.5, 0.6) is 5.75 Å². The van der Waals surface area contributed by atoms with Crippen LogP contribution in [0.15, 0.2) is 18.2 Å². The molecule has 1 aliphatic rings. The van der Waals surface area contributed by atoms with Crippen molar-refractivity contribution in [1.82, 2.24) is 5.32 Å². The van der Waals surface area contributed by atoms with Crippen LogP contribution in [-0.4, -0.2) is 54.2 Å². The Bertz CT molecular complexity index is 510. The molecule has 3 N–H and O–H groups in total. The number of benzene rings is 1. The lowest BCUT2D eigenvalue weighted by atomic mass is 10.0. The van der Waals surface area contributed by atoms with E-state index in [1.54, 1.807) is 12.1 Å². The maximum Gasteiger partial charge on any atom is 0.258 e. The summed E-state index contributed by atoms with van der Waals surface area (Å²) in [6.07, 6.45) is -2.05. The normalized spacial score (nSPS) is 25.4. The van der Waals surface area contributed by atoms with Crippen LogP contribution < -0.4 is 10.1 Å². The van der Waals surface area contributed by atoms with Crippen molar-refractivity contribution in [2.45, 2.75) is 25.2 Å². The minimum atomic E-state index is -1.05. The van der Waals surface area contributed by atoms with Crippen LogP contribution >= 0.6 is 11.6 Å². The molecule has 1 aromatic carbocycles. The van der Waals surface area contributed by atoms with Crippen LogP contribution in [0.3, 0.4) is 0 Å². The molecule has 1 heterocycles. The molecule has 1 fully saturated rings. The fourth-order valence-corrected chi connectivity index (χ4v) is 2.19. The first-order valence-corrected chi connectivity index (χ1v) is 6.97. The number of nitrogens with one attached hydrogen (secondary N) is 1. The molecule has 116 valence electrons. The third-order valence-corrected chi connectivity index (χ3v) is 3.50.